The van der Waals surface area contributed by atoms with Crippen LogP contribution in [0.5, 0.6) is 0 Å². The maximum absolute atomic E-state index is 12.9. The lowest BCUT2D eigenvalue weighted by Crippen LogP contribution is -2.32. The molecule has 0 aliphatic carbocycles. The second-order valence-electron chi connectivity index (χ2n) is 4.15. The van der Waals surface area contributed by atoms with Crippen LogP contribution in [0.2, 0.25) is 0 Å². The molecule has 100 valence electrons. The summed E-state index contributed by atoms with van der Waals surface area (Å²) in [6, 6.07) is 5.95. The van der Waals surface area contributed by atoms with Crippen molar-refractivity contribution in [2.45, 2.75) is 20.3 Å². The zero-order chi connectivity index (χ0) is 13.8. The normalized spacial score (nSPS) is 10.5. The van der Waals surface area contributed by atoms with E-state index in [9.17, 15) is 9.18 Å². The fraction of sp³-hybridized carbons (Fsp3) is 0.286. The quantitative estimate of drug-likeness (QED) is 0.860. The average molecular weight is 278 g/mol. The Balaban J connectivity index is 2.13. The Morgan fingerprint density at radius 2 is 2.05 bits per heavy atom. The number of amides is 1. The Kier molecular flexibility index (Phi) is 4.27. The monoisotopic (exact) mass is 278 g/mol. The third-order valence-corrected chi connectivity index (χ3v) is 3.58. The van der Waals surface area contributed by atoms with Gasteiger partial charge in [0.1, 0.15) is 5.82 Å². The molecule has 1 amide bonds. The predicted octanol–water partition coefficient (Wildman–Crippen LogP) is 3.19. The van der Waals surface area contributed by atoms with E-state index in [0.29, 0.717) is 12.2 Å². The largest absolute Gasteiger partial charge is 0.312 e. The Hall–Kier alpha value is -1.75. The summed E-state index contributed by atoms with van der Waals surface area (Å²) in [6.07, 6.45) is 0.273. The van der Waals surface area contributed by atoms with Crippen LogP contribution in [0.3, 0.4) is 0 Å². The number of carbonyl (C=O) groups is 1. The number of likely N-dealkylation sites (N-methyl/N-ethyl adjacent to an activating group) is 1. The molecule has 0 N–H and O–H groups in total. The fourth-order valence-corrected chi connectivity index (χ4v) is 2.48. The van der Waals surface area contributed by atoms with Gasteiger partial charge in [-0.2, -0.15) is 0 Å². The molecule has 1 aromatic heterocycles. The second kappa shape index (κ2) is 5.93. The summed E-state index contributed by atoms with van der Waals surface area (Å²) in [4.78, 5) is 18.2. The summed E-state index contributed by atoms with van der Waals surface area (Å²) in [5.41, 5.74) is 1.49. The standard InChI is InChI=1S/C14H15FN2OS/c1-3-17(13-6-4-11(15)5-7-13)14(18)8-12-9-19-10(2)16-12/h4-7,9H,3,8H2,1-2H3. The molecule has 19 heavy (non-hydrogen) atoms. The minimum atomic E-state index is -0.303. The molecule has 0 atom stereocenters. The summed E-state index contributed by atoms with van der Waals surface area (Å²) < 4.78 is 12.9. The van der Waals surface area contributed by atoms with Gasteiger partial charge < -0.3 is 4.90 Å². The molecule has 0 radical (unpaired) electrons. The van der Waals surface area contributed by atoms with Crippen LogP contribution < -0.4 is 4.90 Å². The summed E-state index contributed by atoms with van der Waals surface area (Å²) in [5, 5.41) is 2.85. The Morgan fingerprint density at radius 1 is 1.37 bits per heavy atom. The van der Waals surface area contributed by atoms with Crippen LogP contribution in [0.1, 0.15) is 17.6 Å². The Bertz CT molecular complexity index is 565. The first-order chi connectivity index (χ1) is 9.10. The highest BCUT2D eigenvalue weighted by atomic mass is 32.1. The van der Waals surface area contributed by atoms with E-state index in [1.807, 2.05) is 19.2 Å². The highest BCUT2D eigenvalue weighted by molar-refractivity contribution is 7.09. The molecule has 0 unspecified atom stereocenters. The molecule has 0 fully saturated rings. The van der Waals surface area contributed by atoms with Gasteiger partial charge in [-0.1, -0.05) is 0 Å². The van der Waals surface area contributed by atoms with E-state index in [4.69, 9.17) is 0 Å². The zero-order valence-corrected chi connectivity index (χ0v) is 11.7. The molecule has 0 saturated heterocycles. The van der Waals surface area contributed by atoms with Crippen LogP contribution in [0.4, 0.5) is 10.1 Å². The van der Waals surface area contributed by atoms with Crippen LogP contribution in [0.25, 0.3) is 0 Å². The smallest absolute Gasteiger partial charge is 0.233 e. The van der Waals surface area contributed by atoms with Crippen molar-refractivity contribution in [3.8, 4) is 0 Å². The molecule has 2 rings (SSSR count). The average Bonchev–Trinajstić information content (AvgIpc) is 2.78. The third kappa shape index (κ3) is 3.38. The van der Waals surface area contributed by atoms with Gasteiger partial charge in [0, 0.05) is 17.6 Å². The number of halogens is 1. The van der Waals surface area contributed by atoms with Crippen molar-refractivity contribution in [1.82, 2.24) is 4.98 Å². The maximum Gasteiger partial charge on any atom is 0.233 e. The van der Waals surface area contributed by atoms with Crippen molar-refractivity contribution < 1.29 is 9.18 Å². The van der Waals surface area contributed by atoms with Gasteiger partial charge in [0.05, 0.1) is 17.1 Å². The van der Waals surface area contributed by atoms with Crippen LogP contribution >= 0.6 is 11.3 Å². The number of hydrogen-bond acceptors (Lipinski definition) is 3. The van der Waals surface area contributed by atoms with E-state index < -0.39 is 0 Å². The van der Waals surface area contributed by atoms with Crippen molar-refractivity contribution in [1.29, 1.82) is 0 Å². The first-order valence-corrected chi connectivity index (χ1v) is 6.95. The lowest BCUT2D eigenvalue weighted by molar-refractivity contribution is -0.118. The highest BCUT2D eigenvalue weighted by Gasteiger charge is 2.15. The molecule has 0 spiro atoms. The van der Waals surface area contributed by atoms with E-state index in [1.54, 1.807) is 17.0 Å². The molecule has 1 heterocycles. The number of thiazole rings is 1. The topological polar surface area (TPSA) is 33.2 Å². The van der Waals surface area contributed by atoms with E-state index >= 15 is 0 Å². The van der Waals surface area contributed by atoms with Crippen LogP contribution in [-0.4, -0.2) is 17.4 Å². The van der Waals surface area contributed by atoms with Crippen LogP contribution in [0.15, 0.2) is 29.6 Å². The molecule has 5 heteroatoms. The number of rotatable bonds is 4. The number of nitrogens with zero attached hydrogens (tertiary/aromatic N) is 2. The van der Waals surface area contributed by atoms with Gasteiger partial charge in [0.25, 0.3) is 0 Å². The second-order valence-corrected chi connectivity index (χ2v) is 5.21. The van der Waals surface area contributed by atoms with Crippen molar-refractivity contribution >= 4 is 22.9 Å². The lowest BCUT2D eigenvalue weighted by Gasteiger charge is -2.20. The highest BCUT2D eigenvalue weighted by Crippen LogP contribution is 2.17. The van der Waals surface area contributed by atoms with E-state index in [1.165, 1.54) is 23.5 Å². The van der Waals surface area contributed by atoms with Gasteiger partial charge in [-0.3, -0.25) is 4.79 Å². The van der Waals surface area contributed by atoms with Crippen molar-refractivity contribution in [2.24, 2.45) is 0 Å². The summed E-state index contributed by atoms with van der Waals surface area (Å²) in [7, 11) is 0. The Morgan fingerprint density at radius 3 is 2.58 bits per heavy atom. The van der Waals surface area contributed by atoms with Gasteiger partial charge in [-0.15, -0.1) is 11.3 Å². The molecular formula is C14H15FN2OS. The third-order valence-electron chi connectivity index (χ3n) is 2.75. The number of aryl methyl sites for hydroxylation is 1. The van der Waals surface area contributed by atoms with Crippen LogP contribution in [-0.2, 0) is 11.2 Å². The zero-order valence-electron chi connectivity index (χ0n) is 10.9. The lowest BCUT2D eigenvalue weighted by atomic mass is 10.2. The number of hydrogen-bond donors (Lipinski definition) is 0. The number of anilines is 1. The van der Waals surface area contributed by atoms with Crippen molar-refractivity contribution in [3.63, 3.8) is 0 Å². The summed E-state index contributed by atoms with van der Waals surface area (Å²) in [6.45, 7) is 4.36. The summed E-state index contributed by atoms with van der Waals surface area (Å²) >= 11 is 1.53. The molecule has 1 aromatic carbocycles. The molecule has 0 saturated carbocycles. The van der Waals surface area contributed by atoms with Gasteiger partial charge >= 0.3 is 0 Å². The Labute approximate surface area is 115 Å². The number of aromatic nitrogens is 1. The SMILES string of the molecule is CCN(C(=O)Cc1csc(C)n1)c1ccc(F)cc1. The molecule has 2 aromatic rings. The number of carbonyl (C=O) groups excluding carboxylic acids is 1. The molecular weight excluding hydrogens is 263 g/mol. The summed E-state index contributed by atoms with van der Waals surface area (Å²) in [5.74, 6) is -0.332. The maximum atomic E-state index is 12.9. The molecule has 0 bridgehead atoms. The van der Waals surface area contributed by atoms with E-state index in [-0.39, 0.29) is 18.1 Å². The minimum absolute atomic E-state index is 0.0283. The predicted molar refractivity (Wildman–Crippen MR) is 75.0 cm³/mol. The van der Waals surface area contributed by atoms with Crippen molar-refractivity contribution in [2.75, 3.05) is 11.4 Å². The van der Waals surface area contributed by atoms with Gasteiger partial charge in [-0.25, -0.2) is 9.37 Å². The van der Waals surface area contributed by atoms with Gasteiger partial charge in [0.15, 0.2) is 0 Å². The van der Waals surface area contributed by atoms with Gasteiger partial charge in [-0.05, 0) is 38.1 Å². The first-order valence-electron chi connectivity index (χ1n) is 6.07. The minimum Gasteiger partial charge on any atom is -0.312 e. The molecule has 0 aliphatic rings. The fourth-order valence-electron chi connectivity index (χ4n) is 1.86. The van der Waals surface area contributed by atoms with E-state index in [2.05, 4.69) is 4.98 Å². The molecule has 3 nitrogen and oxygen atoms in total. The first kappa shape index (κ1) is 13.7. The van der Waals surface area contributed by atoms with Crippen molar-refractivity contribution in [3.05, 3.63) is 46.2 Å². The molecule has 0 aliphatic heterocycles. The number of benzene rings is 1. The van der Waals surface area contributed by atoms with Gasteiger partial charge in [0.2, 0.25) is 5.91 Å². The van der Waals surface area contributed by atoms with E-state index in [0.717, 1.165) is 10.7 Å². The van der Waals surface area contributed by atoms with Crippen LogP contribution in [0, 0.1) is 12.7 Å².